The van der Waals surface area contributed by atoms with E-state index in [-0.39, 0.29) is 5.91 Å². The maximum Gasteiger partial charge on any atom is 0.239 e. The van der Waals surface area contributed by atoms with E-state index in [0.717, 1.165) is 18.9 Å². The van der Waals surface area contributed by atoms with Crippen molar-refractivity contribution in [3.05, 3.63) is 0 Å². The lowest BCUT2D eigenvalue weighted by atomic mass is 10.0. The Morgan fingerprint density at radius 2 is 2.19 bits per heavy atom. The summed E-state index contributed by atoms with van der Waals surface area (Å²) in [6.07, 6.45) is 2.36. The first-order chi connectivity index (χ1) is 7.45. The molecule has 0 aromatic rings. The fourth-order valence-corrected chi connectivity index (χ4v) is 1.99. The monoisotopic (exact) mass is 227 g/mol. The second-order valence-electron chi connectivity index (χ2n) is 5.34. The van der Waals surface area contributed by atoms with E-state index in [1.807, 2.05) is 20.9 Å². The molecule has 0 spiro atoms. The summed E-state index contributed by atoms with van der Waals surface area (Å²) in [5, 5.41) is 6.00. The molecular weight excluding hydrogens is 202 g/mol. The molecule has 1 atom stereocenters. The van der Waals surface area contributed by atoms with E-state index in [1.54, 1.807) is 0 Å². The first-order valence-corrected chi connectivity index (χ1v) is 6.11. The van der Waals surface area contributed by atoms with Crippen molar-refractivity contribution in [3.8, 4) is 0 Å². The molecule has 1 fully saturated rings. The molecule has 1 aliphatic heterocycles. The summed E-state index contributed by atoms with van der Waals surface area (Å²) in [6.45, 7) is 6.95. The Bertz CT molecular complexity index is 240. The van der Waals surface area contributed by atoms with Crippen molar-refractivity contribution in [3.63, 3.8) is 0 Å². The molecule has 4 nitrogen and oxygen atoms in total. The van der Waals surface area contributed by atoms with Crippen LogP contribution in [0.15, 0.2) is 0 Å². The number of carbonyl (C=O) groups is 1. The number of nitrogens with one attached hydrogen (secondary N) is 2. The van der Waals surface area contributed by atoms with Gasteiger partial charge >= 0.3 is 0 Å². The third-order valence-electron chi connectivity index (χ3n) is 3.52. The van der Waals surface area contributed by atoms with Gasteiger partial charge in [-0.05, 0) is 53.2 Å². The Balaban J connectivity index is 2.18. The van der Waals surface area contributed by atoms with E-state index < -0.39 is 5.54 Å². The predicted octanol–water partition coefficient (Wildman–Crippen LogP) is 0.442. The molecule has 2 N–H and O–H groups in total. The fraction of sp³-hybridized carbons (Fsp3) is 0.917. The smallest absolute Gasteiger partial charge is 0.239 e. The molecule has 1 heterocycles. The third-order valence-corrected chi connectivity index (χ3v) is 3.52. The Morgan fingerprint density at radius 1 is 1.50 bits per heavy atom. The maximum atomic E-state index is 11.7. The highest BCUT2D eigenvalue weighted by Crippen LogP contribution is 2.17. The molecule has 0 saturated carbocycles. The van der Waals surface area contributed by atoms with Gasteiger partial charge in [-0.2, -0.15) is 0 Å². The third kappa shape index (κ3) is 3.76. The van der Waals surface area contributed by atoms with Gasteiger partial charge in [0.05, 0.1) is 5.54 Å². The minimum atomic E-state index is -0.466. The van der Waals surface area contributed by atoms with E-state index in [9.17, 15) is 4.79 Å². The molecule has 0 aromatic carbocycles. The number of hydrogen-bond acceptors (Lipinski definition) is 3. The number of carbonyl (C=O) groups excluding carboxylic acids is 1. The lowest BCUT2D eigenvalue weighted by Gasteiger charge is -2.23. The van der Waals surface area contributed by atoms with Crippen LogP contribution in [0, 0.1) is 5.92 Å². The summed E-state index contributed by atoms with van der Waals surface area (Å²) in [6, 6.07) is 0. The fourth-order valence-electron chi connectivity index (χ4n) is 1.99. The molecule has 4 heteroatoms. The number of hydrogen-bond donors (Lipinski definition) is 2. The van der Waals surface area contributed by atoms with Gasteiger partial charge in [-0.15, -0.1) is 0 Å². The normalized spacial score (nSPS) is 22.4. The van der Waals surface area contributed by atoms with Crippen LogP contribution in [0.5, 0.6) is 0 Å². The highest BCUT2D eigenvalue weighted by molar-refractivity contribution is 5.85. The number of nitrogens with zero attached hydrogens (tertiary/aromatic N) is 1. The highest BCUT2D eigenvalue weighted by Gasteiger charge is 2.25. The zero-order valence-corrected chi connectivity index (χ0v) is 11.0. The van der Waals surface area contributed by atoms with E-state index in [2.05, 4.69) is 22.6 Å². The molecule has 1 saturated heterocycles. The molecule has 1 amide bonds. The van der Waals surface area contributed by atoms with Crippen LogP contribution in [0.3, 0.4) is 0 Å². The van der Waals surface area contributed by atoms with E-state index >= 15 is 0 Å². The van der Waals surface area contributed by atoms with Crippen LogP contribution in [0.1, 0.15) is 26.7 Å². The number of likely N-dealkylation sites (N-methyl/N-ethyl adjacent to an activating group) is 1. The van der Waals surface area contributed by atoms with Gasteiger partial charge in [0.2, 0.25) is 5.91 Å². The van der Waals surface area contributed by atoms with Crippen LogP contribution in [-0.4, -0.2) is 50.1 Å². The second-order valence-corrected chi connectivity index (χ2v) is 5.34. The minimum Gasteiger partial charge on any atom is -0.355 e. The van der Waals surface area contributed by atoms with Gasteiger partial charge in [0.25, 0.3) is 0 Å². The molecule has 94 valence electrons. The minimum absolute atomic E-state index is 0.0846. The van der Waals surface area contributed by atoms with Crippen molar-refractivity contribution >= 4 is 5.91 Å². The molecule has 0 radical (unpaired) electrons. The molecule has 0 aliphatic carbocycles. The lowest BCUT2D eigenvalue weighted by molar-refractivity contribution is -0.126. The van der Waals surface area contributed by atoms with Crippen molar-refractivity contribution in [2.24, 2.45) is 5.92 Å². The Kier molecular flexibility index (Phi) is 4.74. The van der Waals surface area contributed by atoms with Crippen LogP contribution in [0.4, 0.5) is 0 Å². The summed E-state index contributed by atoms with van der Waals surface area (Å²) in [7, 11) is 3.97. The van der Waals surface area contributed by atoms with Gasteiger partial charge in [0.15, 0.2) is 0 Å². The summed E-state index contributed by atoms with van der Waals surface area (Å²) in [4.78, 5) is 14.1. The number of rotatable bonds is 5. The van der Waals surface area contributed by atoms with Crippen molar-refractivity contribution < 1.29 is 4.79 Å². The highest BCUT2D eigenvalue weighted by atomic mass is 16.2. The lowest BCUT2D eigenvalue weighted by Crippen LogP contribution is -2.51. The number of amides is 1. The molecule has 1 rings (SSSR count). The number of likely N-dealkylation sites (tertiary alicyclic amines) is 1. The van der Waals surface area contributed by atoms with Crippen LogP contribution in [0.25, 0.3) is 0 Å². The van der Waals surface area contributed by atoms with Crippen LogP contribution >= 0.6 is 0 Å². The van der Waals surface area contributed by atoms with Crippen molar-refractivity contribution in [2.45, 2.75) is 32.2 Å². The molecule has 0 aromatic heterocycles. The van der Waals surface area contributed by atoms with Gasteiger partial charge < -0.3 is 15.5 Å². The van der Waals surface area contributed by atoms with Crippen LogP contribution in [-0.2, 0) is 4.79 Å². The zero-order chi connectivity index (χ0) is 12.2. The van der Waals surface area contributed by atoms with Crippen molar-refractivity contribution in [1.29, 1.82) is 0 Å². The van der Waals surface area contributed by atoms with Gasteiger partial charge in [0.1, 0.15) is 0 Å². The van der Waals surface area contributed by atoms with E-state index in [1.165, 1.54) is 19.5 Å². The standard InChI is InChI=1S/C12H25N3O/c1-12(2,13-3)11(16)14-7-5-10-6-8-15(4)9-10/h10,13H,5-9H2,1-4H3,(H,14,16). The zero-order valence-electron chi connectivity index (χ0n) is 11.0. The molecule has 0 bridgehead atoms. The first kappa shape index (κ1) is 13.5. The van der Waals surface area contributed by atoms with Gasteiger partial charge in [-0.3, -0.25) is 4.79 Å². The summed E-state index contributed by atoms with van der Waals surface area (Å²) < 4.78 is 0. The van der Waals surface area contributed by atoms with Gasteiger partial charge in [-0.1, -0.05) is 0 Å². The Labute approximate surface area is 98.8 Å². The summed E-state index contributed by atoms with van der Waals surface area (Å²) in [5.41, 5.74) is -0.466. The average Bonchev–Trinajstić information content (AvgIpc) is 2.64. The predicted molar refractivity (Wildman–Crippen MR) is 66.4 cm³/mol. The molecule has 1 unspecified atom stereocenters. The van der Waals surface area contributed by atoms with Gasteiger partial charge in [-0.25, -0.2) is 0 Å². The average molecular weight is 227 g/mol. The van der Waals surface area contributed by atoms with E-state index in [4.69, 9.17) is 0 Å². The summed E-state index contributed by atoms with van der Waals surface area (Å²) >= 11 is 0. The van der Waals surface area contributed by atoms with Gasteiger partial charge in [0, 0.05) is 13.1 Å². The molecule has 1 aliphatic rings. The van der Waals surface area contributed by atoms with Crippen LogP contribution < -0.4 is 10.6 Å². The molecule has 16 heavy (non-hydrogen) atoms. The quantitative estimate of drug-likeness (QED) is 0.716. The Hall–Kier alpha value is -0.610. The SMILES string of the molecule is CNC(C)(C)C(=O)NCCC1CCN(C)C1. The maximum absolute atomic E-state index is 11.7. The second kappa shape index (κ2) is 5.64. The Morgan fingerprint density at radius 3 is 2.69 bits per heavy atom. The largest absolute Gasteiger partial charge is 0.355 e. The summed E-state index contributed by atoms with van der Waals surface area (Å²) in [5.74, 6) is 0.837. The topological polar surface area (TPSA) is 44.4 Å². The van der Waals surface area contributed by atoms with Crippen molar-refractivity contribution in [2.75, 3.05) is 33.7 Å². The first-order valence-electron chi connectivity index (χ1n) is 6.11. The molecular formula is C12H25N3O. The van der Waals surface area contributed by atoms with Crippen LogP contribution in [0.2, 0.25) is 0 Å². The van der Waals surface area contributed by atoms with Crippen molar-refractivity contribution in [1.82, 2.24) is 15.5 Å². The van der Waals surface area contributed by atoms with E-state index in [0.29, 0.717) is 0 Å².